The van der Waals surface area contributed by atoms with Gasteiger partial charge in [-0.2, -0.15) is 0 Å². The van der Waals surface area contributed by atoms with Crippen molar-refractivity contribution < 1.29 is 0 Å². The quantitative estimate of drug-likeness (QED) is 0.713. The lowest BCUT2D eigenvalue weighted by Crippen LogP contribution is -2.38. The summed E-state index contributed by atoms with van der Waals surface area (Å²) in [6, 6.07) is 0.786. The second-order valence-electron chi connectivity index (χ2n) is 5.38. The molecule has 0 spiro atoms. The highest BCUT2D eigenvalue weighted by Gasteiger charge is 2.29. The molecule has 2 aliphatic heterocycles. The standard InChI is InChI=1S/C12H23BrN2/c1-10-7-12(13)9-15(10)8-11-3-5-14(2)6-4-11/h10-12H,3-9H2,1-2H3. The van der Waals surface area contributed by atoms with Gasteiger partial charge >= 0.3 is 0 Å². The number of halogens is 1. The van der Waals surface area contributed by atoms with Gasteiger partial charge < -0.3 is 4.90 Å². The Bertz CT molecular complexity index is 202. The van der Waals surface area contributed by atoms with Crippen LogP contribution in [0.1, 0.15) is 26.2 Å². The molecule has 0 amide bonds. The molecule has 2 aliphatic rings. The van der Waals surface area contributed by atoms with E-state index in [2.05, 4.69) is 39.7 Å². The van der Waals surface area contributed by atoms with Gasteiger partial charge in [0, 0.05) is 24.0 Å². The highest BCUT2D eigenvalue weighted by atomic mass is 79.9. The summed E-state index contributed by atoms with van der Waals surface area (Å²) in [5, 5.41) is 0. The van der Waals surface area contributed by atoms with Crippen LogP contribution in [0, 0.1) is 5.92 Å². The SMILES string of the molecule is CC1CC(Br)CN1CC1CCN(C)CC1. The van der Waals surface area contributed by atoms with Crippen LogP contribution in [0.2, 0.25) is 0 Å². The van der Waals surface area contributed by atoms with Crippen molar-refractivity contribution in [3.05, 3.63) is 0 Å². The van der Waals surface area contributed by atoms with Gasteiger partial charge in [-0.1, -0.05) is 15.9 Å². The molecule has 0 N–H and O–H groups in total. The van der Waals surface area contributed by atoms with Crippen LogP contribution in [0.15, 0.2) is 0 Å². The maximum absolute atomic E-state index is 3.74. The number of likely N-dealkylation sites (tertiary alicyclic amines) is 2. The van der Waals surface area contributed by atoms with Crippen molar-refractivity contribution in [1.29, 1.82) is 0 Å². The average molecular weight is 275 g/mol. The molecule has 2 saturated heterocycles. The molecule has 0 aromatic carbocycles. The number of alkyl halides is 1. The number of nitrogens with zero attached hydrogens (tertiary/aromatic N) is 2. The van der Waals surface area contributed by atoms with Gasteiger partial charge in [-0.3, -0.25) is 4.90 Å². The van der Waals surface area contributed by atoms with Crippen LogP contribution in [0.4, 0.5) is 0 Å². The predicted molar refractivity (Wildman–Crippen MR) is 68.6 cm³/mol. The molecule has 0 bridgehead atoms. The smallest absolute Gasteiger partial charge is 0.0288 e. The monoisotopic (exact) mass is 274 g/mol. The summed E-state index contributed by atoms with van der Waals surface area (Å²) < 4.78 is 0. The maximum atomic E-state index is 3.74. The summed E-state index contributed by atoms with van der Waals surface area (Å²) in [6.07, 6.45) is 4.12. The second kappa shape index (κ2) is 5.15. The summed E-state index contributed by atoms with van der Waals surface area (Å²) in [6.45, 7) is 7.55. The van der Waals surface area contributed by atoms with E-state index < -0.39 is 0 Å². The van der Waals surface area contributed by atoms with Gasteiger partial charge in [0.1, 0.15) is 0 Å². The van der Waals surface area contributed by atoms with Gasteiger partial charge in [-0.25, -0.2) is 0 Å². The minimum atomic E-state index is 0.735. The lowest BCUT2D eigenvalue weighted by Gasteiger charge is -2.33. The first-order valence-electron chi connectivity index (χ1n) is 6.22. The average Bonchev–Trinajstić information content (AvgIpc) is 2.49. The molecule has 0 aromatic rings. The van der Waals surface area contributed by atoms with Crippen LogP contribution in [0.3, 0.4) is 0 Å². The van der Waals surface area contributed by atoms with E-state index in [0.717, 1.165) is 16.8 Å². The van der Waals surface area contributed by atoms with E-state index in [4.69, 9.17) is 0 Å². The first-order valence-corrected chi connectivity index (χ1v) is 7.13. The Morgan fingerprint density at radius 1 is 1.27 bits per heavy atom. The van der Waals surface area contributed by atoms with Crippen molar-refractivity contribution in [2.45, 2.75) is 37.1 Å². The van der Waals surface area contributed by atoms with Crippen LogP contribution in [-0.2, 0) is 0 Å². The molecule has 2 atom stereocenters. The Labute approximate surface area is 102 Å². The topological polar surface area (TPSA) is 6.48 Å². The third-order valence-corrected chi connectivity index (χ3v) is 4.65. The summed E-state index contributed by atoms with van der Waals surface area (Å²) in [4.78, 5) is 5.87. The third kappa shape index (κ3) is 3.18. The molecule has 2 nitrogen and oxygen atoms in total. The van der Waals surface area contributed by atoms with E-state index in [1.807, 2.05) is 0 Å². The number of rotatable bonds is 2. The highest BCUT2D eigenvalue weighted by Crippen LogP contribution is 2.26. The molecule has 2 heterocycles. The van der Waals surface area contributed by atoms with E-state index in [0.29, 0.717) is 0 Å². The largest absolute Gasteiger partial charge is 0.306 e. The van der Waals surface area contributed by atoms with Crippen molar-refractivity contribution >= 4 is 15.9 Å². The fourth-order valence-electron chi connectivity index (χ4n) is 2.86. The second-order valence-corrected chi connectivity index (χ2v) is 6.68. The van der Waals surface area contributed by atoms with Gasteiger partial charge in [-0.15, -0.1) is 0 Å². The van der Waals surface area contributed by atoms with E-state index >= 15 is 0 Å². The lowest BCUT2D eigenvalue weighted by molar-refractivity contribution is 0.157. The van der Waals surface area contributed by atoms with Gasteiger partial charge in [0.15, 0.2) is 0 Å². The molecular weight excluding hydrogens is 252 g/mol. The Balaban J connectivity index is 1.77. The zero-order valence-corrected chi connectivity index (χ0v) is 11.5. The third-order valence-electron chi connectivity index (χ3n) is 3.98. The summed E-state index contributed by atoms with van der Waals surface area (Å²) in [7, 11) is 2.24. The minimum Gasteiger partial charge on any atom is -0.306 e. The van der Waals surface area contributed by atoms with Crippen molar-refractivity contribution in [2.75, 3.05) is 33.2 Å². The van der Waals surface area contributed by atoms with Crippen molar-refractivity contribution in [3.63, 3.8) is 0 Å². The Morgan fingerprint density at radius 3 is 2.47 bits per heavy atom. The van der Waals surface area contributed by atoms with Crippen LogP contribution < -0.4 is 0 Å². The Kier molecular flexibility index (Phi) is 4.08. The van der Waals surface area contributed by atoms with Gasteiger partial charge in [0.05, 0.1) is 0 Å². The van der Waals surface area contributed by atoms with Crippen LogP contribution in [0.5, 0.6) is 0 Å². The van der Waals surface area contributed by atoms with Crippen LogP contribution in [0.25, 0.3) is 0 Å². The summed E-state index contributed by atoms with van der Waals surface area (Å²) in [5.74, 6) is 0.946. The van der Waals surface area contributed by atoms with Gasteiger partial charge in [0.2, 0.25) is 0 Å². The molecule has 0 aliphatic carbocycles. The van der Waals surface area contributed by atoms with Gasteiger partial charge in [-0.05, 0) is 52.2 Å². The summed E-state index contributed by atoms with van der Waals surface area (Å²) >= 11 is 3.74. The predicted octanol–water partition coefficient (Wildman–Crippen LogP) is 2.19. The molecule has 3 heteroatoms. The van der Waals surface area contributed by atoms with Crippen molar-refractivity contribution in [1.82, 2.24) is 9.80 Å². The Morgan fingerprint density at radius 2 is 1.93 bits per heavy atom. The van der Waals surface area contributed by atoms with Crippen LogP contribution in [-0.4, -0.2) is 53.9 Å². The number of hydrogen-bond acceptors (Lipinski definition) is 2. The Hall–Kier alpha value is 0.400. The number of piperidine rings is 1. The van der Waals surface area contributed by atoms with Crippen LogP contribution >= 0.6 is 15.9 Å². The number of hydrogen-bond donors (Lipinski definition) is 0. The normalized spacial score (nSPS) is 36.2. The summed E-state index contributed by atoms with van der Waals surface area (Å²) in [5.41, 5.74) is 0. The molecule has 0 radical (unpaired) electrons. The molecule has 2 fully saturated rings. The first kappa shape index (κ1) is 11.9. The van der Waals surface area contributed by atoms with Crippen molar-refractivity contribution in [3.8, 4) is 0 Å². The molecule has 88 valence electrons. The minimum absolute atomic E-state index is 0.735. The zero-order chi connectivity index (χ0) is 10.8. The fraction of sp³-hybridized carbons (Fsp3) is 1.00. The first-order chi connectivity index (χ1) is 7.15. The molecule has 15 heavy (non-hydrogen) atoms. The molecule has 2 unspecified atom stereocenters. The van der Waals surface area contributed by atoms with Crippen molar-refractivity contribution in [2.24, 2.45) is 5.92 Å². The van der Waals surface area contributed by atoms with E-state index in [-0.39, 0.29) is 0 Å². The van der Waals surface area contributed by atoms with E-state index in [1.165, 1.54) is 45.4 Å². The molecular formula is C12H23BrN2. The molecule has 0 aromatic heterocycles. The maximum Gasteiger partial charge on any atom is 0.0288 e. The molecule has 2 rings (SSSR count). The van der Waals surface area contributed by atoms with E-state index in [1.54, 1.807) is 0 Å². The van der Waals surface area contributed by atoms with E-state index in [9.17, 15) is 0 Å². The zero-order valence-electron chi connectivity index (χ0n) is 9.95. The molecule has 0 saturated carbocycles. The highest BCUT2D eigenvalue weighted by molar-refractivity contribution is 9.09. The lowest BCUT2D eigenvalue weighted by atomic mass is 9.96. The van der Waals surface area contributed by atoms with Gasteiger partial charge in [0.25, 0.3) is 0 Å². The fourth-order valence-corrected chi connectivity index (χ4v) is 3.77.